The summed E-state index contributed by atoms with van der Waals surface area (Å²) in [7, 11) is -1.65. The third-order valence-electron chi connectivity index (χ3n) is 12.3. The summed E-state index contributed by atoms with van der Waals surface area (Å²) in [4.78, 5) is 4.98. The fourth-order valence-corrected chi connectivity index (χ4v) is 11.5. The minimum absolute atomic E-state index is 0.168. The Bertz CT molecular complexity index is 2240. The molecule has 1 aliphatic carbocycles. The first-order valence-electron chi connectivity index (χ1n) is 20.0. The molecule has 0 spiro atoms. The van der Waals surface area contributed by atoms with Gasteiger partial charge in [-0.1, -0.05) is 110 Å². The molecule has 0 saturated heterocycles. The summed E-state index contributed by atoms with van der Waals surface area (Å²) in [5, 5.41) is 3.83. The Balaban J connectivity index is 1.33. The zero-order valence-corrected chi connectivity index (χ0v) is 33.4. The van der Waals surface area contributed by atoms with E-state index in [1.54, 1.807) is 10.8 Å². The van der Waals surface area contributed by atoms with Gasteiger partial charge in [0.05, 0.1) is 25.1 Å². The highest BCUT2D eigenvalue weighted by molar-refractivity contribution is 6.89. The van der Waals surface area contributed by atoms with Crippen molar-refractivity contribution in [3.63, 3.8) is 0 Å². The lowest BCUT2D eigenvalue weighted by molar-refractivity contribution is -0.711. The van der Waals surface area contributed by atoms with Crippen LogP contribution >= 0.6 is 0 Å². The molecule has 3 aliphatic rings. The van der Waals surface area contributed by atoms with Gasteiger partial charge in [0.1, 0.15) is 6.54 Å². The van der Waals surface area contributed by atoms with Gasteiger partial charge in [-0.05, 0) is 66.0 Å². The minimum Gasteiger partial charge on any atom is -0.437 e. The van der Waals surface area contributed by atoms with Crippen LogP contribution < -0.4 is 9.75 Å². The van der Waals surface area contributed by atoms with Gasteiger partial charge in [-0.2, -0.15) is 4.57 Å². The second-order valence-electron chi connectivity index (χ2n) is 17.3. The van der Waals surface area contributed by atoms with Crippen molar-refractivity contribution in [2.24, 2.45) is 5.92 Å². The average Bonchev–Trinajstić information content (AvgIpc) is 3.77. The predicted molar refractivity (Wildman–Crippen MR) is 220 cm³/mol. The maximum Gasteiger partial charge on any atom is 0.227 e. The van der Waals surface area contributed by atoms with Gasteiger partial charge in [0.2, 0.25) is 17.1 Å². The van der Waals surface area contributed by atoms with Crippen LogP contribution in [-0.4, -0.2) is 36.4 Å². The second-order valence-corrected chi connectivity index (χ2v) is 22.3. The number of furan rings is 1. The van der Waals surface area contributed by atoms with Crippen molar-refractivity contribution in [1.29, 1.82) is 0 Å². The lowest BCUT2D eigenvalue weighted by Gasteiger charge is -2.34. The van der Waals surface area contributed by atoms with Gasteiger partial charge >= 0.3 is 0 Å². The van der Waals surface area contributed by atoms with Crippen molar-refractivity contribution in [3.05, 3.63) is 114 Å². The molecule has 3 aromatic heterocycles. The van der Waals surface area contributed by atoms with E-state index in [2.05, 4.69) is 123 Å². The number of benzene rings is 2. The van der Waals surface area contributed by atoms with E-state index in [1.807, 2.05) is 0 Å². The third-order valence-corrected chi connectivity index (χ3v) is 14.4. The molecule has 5 aromatic rings. The quantitative estimate of drug-likeness (QED) is 0.0958. The molecule has 0 bridgehead atoms. The monoisotopic (exact) mass is 707 g/mol. The van der Waals surface area contributed by atoms with Crippen LogP contribution in [0.15, 0.2) is 90.0 Å². The topological polar surface area (TPSA) is 32.9 Å². The Hall–Kier alpha value is -4.09. The van der Waals surface area contributed by atoms with Gasteiger partial charge in [-0.3, -0.25) is 0 Å². The first-order valence-corrected chi connectivity index (χ1v) is 23.5. The summed E-state index contributed by atoms with van der Waals surface area (Å²) in [5.74, 6) is 1.46. The first-order chi connectivity index (χ1) is 25.1. The molecule has 2 atom stereocenters. The molecule has 0 radical (unpaired) electrons. The largest absolute Gasteiger partial charge is 0.437 e. The van der Waals surface area contributed by atoms with Crippen LogP contribution in [0, 0.1) is 5.92 Å². The van der Waals surface area contributed by atoms with Crippen LogP contribution in [-0.2, 0) is 12.8 Å². The van der Waals surface area contributed by atoms with Crippen molar-refractivity contribution in [3.8, 4) is 11.3 Å². The summed E-state index contributed by atoms with van der Waals surface area (Å²) >= 11 is 0. The summed E-state index contributed by atoms with van der Waals surface area (Å²) in [6, 6.07) is 21.0. The van der Waals surface area contributed by atoms with E-state index in [4.69, 9.17) is 16.0 Å². The van der Waals surface area contributed by atoms with Crippen LogP contribution in [0.3, 0.4) is 0 Å². The molecule has 2 unspecified atom stereocenters. The van der Waals surface area contributed by atoms with Gasteiger partial charge in [0.15, 0.2) is 24.4 Å². The zero-order valence-electron chi connectivity index (χ0n) is 32.4. The third kappa shape index (κ3) is 6.03. The summed E-state index contributed by atoms with van der Waals surface area (Å²) < 4.78 is 12.0. The van der Waals surface area contributed by atoms with Crippen molar-refractivity contribution >= 4 is 41.0 Å². The number of pyridine rings is 2. The number of hydrogen-bond donors (Lipinski definition) is 0. The Kier molecular flexibility index (Phi) is 9.22. The fraction of sp³-hybridized carbons (Fsp3) is 0.426. The molecule has 1 fully saturated rings. The molecule has 1 saturated carbocycles. The van der Waals surface area contributed by atoms with E-state index in [0.29, 0.717) is 11.8 Å². The highest BCUT2D eigenvalue weighted by atomic mass is 28.3. The van der Waals surface area contributed by atoms with E-state index in [1.165, 1.54) is 65.6 Å². The lowest BCUT2D eigenvalue weighted by Crippen LogP contribution is -2.55. The number of fused-ring (bicyclic) bond motifs is 11. The van der Waals surface area contributed by atoms with E-state index >= 15 is 0 Å². The summed E-state index contributed by atoms with van der Waals surface area (Å²) in [6.45, 7) is 25.4. The zero-order chi connectivity index (χ0) is 36.3. The molecule has 268 valence electrons. The number of allylic oxidation sites excluding steroid dienone is 1. The second kappa shape index (κ2) is 13.7. The van der Waals surface area contributed by atoms with Crippen molar-refractivity contribution in [1.82, 2.24) is 4.98 Å². The molecule has 5 heterocycles. The van der Waals surface area contributed by atoms with Gasteiger partial charge in [-0.15, -0.1) is 0 Å². The molecule has 0 N–H and O–H groups in total. The molecule has 4 nitrogen and oxygen atoms in total. The van der Waals surface area contributed by atoms with Crippen LogP contribution in [0.25, 0.3) is 33.3 Å². The van der Waals surface area contributed by atoms with Crippen LogP contribution in [0.1, 0.15) is 105 Å². The first kappa shape index (κ1) is 35.0. The molecule has 8 rings (SSSR count). The molecule has 5 heteroatoms. The number of aryl methyl sites for hydroxylation is 1. The van der Waals surface area contributed by atoms with Gasteiger partial charge in [0.25, 0.3) is 0 Å². The van der Waals surface area contributed by atoms with E-state index in [-0.39, 0.29) is 6.04 Å². The van der Waals surface area contributed by atoms with Crippen LogP contribution in [0.4, 0.5) is 0 Å². The molecule has 2 aromatic carbocycles. The Morgan fingerprint density at radius 2 is 1.77 bits per heavy atom. The normalized spacial score (nSPS) is 19.6. The van der Waals surface area contributed by atoms with E-state index in [0.717, 1.165) is 71.7 Å². The van der Waals surface area contributed by atoms with Gasteiger partial charge in [-0.25, -0.2) is 9.56 Å². The number of aromatic nitrogens is 2. The lowest BCUT2D eigenvalue weighted by atomic mass is 9.76. The Morgan fingerprint density at radius 1 is 1.00 bits per heavy atom. The fourth-order valence-electron chi connectivity index (χ4n) is 9.82. The molecule has 0 amide bonds. The maximum atomic E-state index is 6.78. The van der Waals surface area contributed by atoms with E-state index in [9.17, 15) is 0 Å². The average molecular weight is 708 g/mol. The van der Waals surface area contributed by atoms with E-state index < -0.39 is 8.07 Å². The highest BCUT2D eigenvalue weighted by Crippen LogP contribution is 2.45. The minimum atomic E-state index is -1.65. The Morgan fingerprint density at radius 3 is 2.50 bits per heavy atom. The van der Waals surface area contributed by atoms with Crippen molar-refractivity contribution < 1.29 is 13.6 Å². The highest BCUT2D eigenvalue weighted by Gasteiger charge is 2.45. The molecular formula is C47H57N3OSi+2. The van der Waals surface area contributed by atoms with Crippen molar-refractivity contribution in [2.75, 3.05) is 13.1 Å². The van der Waals surface area contributed by atoms with Crippen LogP contribution in [0.2, 0.25) is 19.6 Å². The SMILES string of the molecule is C=CC1=[N+](CCC)CC(=C)C2C(CCc3ccc4c(oc5nc(C(C)C)ccc54)c31)c1ccccc1-c1cc(CC3CCCC3)c([Si](C)(C)C)c[n+]12. The predicted octanol–water partition coefficient (Wildman–Crippen LogP) is 10.6. The smallest absolute Gasteiger partial charge is 0.227 e. The summed E-state index contributed by atoms with van der Waals surface area (Å²) in [5.41, 5.74) is 13.4. The standard InChI is InChI=1S/C47H57N3OSi/c1-9-25-49-28-31(5)45-37(21-19-33-20-22-38-39-23-24-40(30(3)4)48-47(39)51-46(38)44(33)41(49)10-2)35-17-13-14-18-36(35)42-27-34(26-32-15-11-12-16-32)43(29-50(42)45)52(6,7)8/h10,13-14,17-18,20,22-24,27,29-30,32,37,45H,2,5,9,11-12,15-16,19,21,25-26,28H2,1,3-4,6-8H3/q+2. The van der Waals surface area contributed by atoms with Crippen molar-refractivity contribution in [2.45, 2.75) is 110 Å². The van der Waals surface area contributed by atoms with Gasteiger partial charge < -0.3 is 4.42 Å². The van der Waals surface area contributed by atoms with Crippen LogP contribution in [0.5, 0.6) is 0 Å². The van der Waals surface area contributed by atoms with Gasteiger partial charge in [0, 0.05) is 45.8 Å². The Labute approximate surface area is 312 Å². The molecule has 52 heavy (non-hydrogen) atoms. The number of rotatable bonds is 7. The number of hydrogen-bond acceptors (Lipinski definition) is 2. The maximum absolute atomic E-state index is 6.78. The number of nitrogens with zero attached hydrogens (tertiary/aromatic N) is 3. The molecular weight excluding hydrogens is 651 g/mol. The summed E-state index contributed by atoms with van der Waals surface area (Å²) in [6.07, 6.45) is 14.4. The molecule has 2 aliphatic heterocycles.